The predicted octanol–water partition coefficient (Wildman–Crippen LogP) is 4.14. The molecule has 2 aromatic carbocycles. The Morgan fingerprint density at radius 1 is 0.613 bits per heavy atom. The van der Waals surface area contributed by atoms with E-state index in [2.05, 4.69) is 10.6 Å². The van der Waals surface area contributed by atoms with Crippen LogP contribution in [-0.4, -0.2) is 25.9 Å². The van der Waals surface area contributed by atoms with Crippen LogP contribution in [0.25, 0.3) is 0 Å². The van der Waals surface area contributed by atoms with Crippen LogP contribution < -0.4 is 29.6 Å². The summed E-state index contributed by atoms with van der Waals surface area (Å²) in [5, 5.41) is 4.27. The van der Waals surface area contributed by atoms with Crippen LogP contribution in [0.15, 0.2) is 24.3 Å². The lowest BCUT2D eigenvalue weighted by molar-refractivity contribution is -0.369. The topological polar surface area (TPSA) is 70.2 Å². The van der Waals surface area contributed by atoms with E-state index in [1.165, 1.54) is 0 Å². The quantitative estimate of drug-likeness (QED) is 0.587. The van der Waals surface area contributed by atoms with E-state index in [1.807, 2.05) is 0 Å². The van der Waals surface area contributed by atoms with Crippen molar-refractivity contribution in [3.05, 3.63) is 35.4 Å². The number of anilines is 2. The van der Waals surface area contributed by atoms with E-state index in [1.54, 1.807) is 0 Å². The molecule has 0 spiro atoms. The Labute approximate surface area is 168 Å². The summed E-state index contributed by atoms with van der Waals surface area (Å²) in [4.78, 5) is 0. The number of fused-ring (bicyclic) bond motifs is 8. The average Bonchev–Trinajstić information content (AvgIpc) is 3.31. The SMILES string of the molecule is FC(F)(F)C12Nc3cc4c(cc3C(C(F)(F)F)(Nc3cc5c(cc31)OCO5)O2)OCO4. The molecule has 0 fully saturated rings. The fraction of sp³-hybridized carbons (Fsp3) is 0.333. The van der Waals surface area contributed by atoms with Crippen LogP contribution in [0.1, 0.15) is 11.1 Å². The zero-order valence-corrected chi connectivity index (χ0v) is 15.0. The Kier molecular flexibility index (Phi) is 3.19. The molecular weight excluding hydrogens is 438 g/mol. The molecule has 4 aliphatic rings. The van der Waals surface area contributed by atoms with Crippen LogP contribution in [0.4, 0.5) is 37.7 Å². The van der Waals surface area contributed by atoms with Gasteiger partial charge in [0.1, 0.15) is 0 Å². The van der Waals surface area contributed by atoms with Crippen LogP contribution >= 0.6 is 0 Å². The van der Waals surface area contributed by atoms with Gasteiger partial charge in [0.25, 0.3) is 11.4 Å². The van der Waals surface area contributed by atoms with Crippen LogP contribution in [-0.2, 0) is 16.2 Å². The van der Waals surface area contributed by atoms with E-state index < -0.39 is 46.3 Å². The molecule has 7 nitrogen and oxygen atoms in total. The number of rotatable bonds is 0. The molecule has 164 valence electrons. The summed E-state index contributed by atoms with van der Waals surface area (Å²) >= 11 is 0. The second-order valence-corrected chi connectivity index (χ2v) is 7.21. The van der Waals surface area contributed by atoms with Crippen molar-refractivity contribution >= 4 is 11.4 Å². The lowest BCUT2D eigenvalue weighted by Crippen LogP contribution is -2.67. The average molecular weight is 448 g/mol. The molecule has 2 bridgehead atoms. The van der Waals surface area contributed by atoms with Crippen molar-refractivity contribution in [1.29, 1.82) is 0 Å². The monoisotopic (exact) mass is 448 g/mol. The van der Waals surface area contributed by atoms with E-state index in [0.717, 1.165) is 24.3 Å². The fourth-order valence-electron chi connectivity index (χ4n) is 4.14. The summed E-state index contributed by atoms with van der Waals surface area (Å²) in [5.74, 6) is -0.0882. The molecule has 2 N–H and O–H groups in total. The normalized spacial score (nSPS) is 27.2. The number of halogens is 6. The Balaban J connectivity index is 1.68. The Morgan fingerprint density at radius 3 is 1.32 bits per heavy atom. The summed E-state index contributed by atoms with van der Waals surface area (Å²) < 4.78 is 112. The molecule has 0 aliphatic carbocycles. The van der Waals surface area contributed by atoms with E-state index in [-0.39, 0.29) is 36.6 Å². The maximum Gasteiger partial charge on any atom is 0.441 e. The van der Waals surface area contributed by atoms with Gasteiger partial charge in [0.15, 0.2) is 23.0 Å². The zero-order chi connectivity index (χ0) is 21.8. The Bertz CT molecular complexity index is 1050. The van der Waals surface area contributed by atoms with Crippen molar-refractivity contribution < 1.29 is 50.0 Å². The predicted molar refractivity (Wildman–Crippen MR) is 88.9 cm³/mol. The number of ether oxygens (including phenoxy) is 5. The third-order valence-electron chi connectivity index (χ3n) is 5.51. The van der Waals surface area contributed by atoms with Crippen molar-refractivity contribution in [3.8, 4) is 23.0 Å². The number of hydrogen-bond donors (Lipinski definition) is 2. The highest BCUT2D eigenvalue weighted by molar-refractivity contribution is 5.75. The largest absolute Gasteiger partial charge is 0.454 e. The van der Waals surface area contributed by atoms with Crippen molar-refractivity contribution in [3.63, 3.8) is 0 Å². The van der Waals surface area contributed by atoms with Gasteiger partial charge < -0.3 is 34.3 Å². The molecule has 13 heteroatoms. The molecule has 4 heterocycles. The first kappa shape index (κ1) is 18.5. The molecular formula is C18H10F6N2O5. The molecule has 31 heavy (non-hydrogen) atoms. The van der Waals surface area contributed by atoms with E-state index >= 15 is 0 Å². The van der Waals surface area contributed by atoms with Crippen molar-refractivity contribution in [2.45, 2.75) is 23.8 Å². The maximum absolute atomic E-state index is 14.5. The first-order chi connectivity index (χ1) is 14.5. The summed E-state index contributed by atoms with van der Waals surface area (Å²) in [5.41, 5.74) is -9.28. The lowest BCUT2D eigenvalue weighted by Gasteiger charge is -2.54. The van der Waals surface area contributed by atoms with Gasteiger partial charge in [-0.1, -0.05) is 0 Å². The minimum Gasteiger partial charge on any atom is -0.454 e. The van der Waals surface area contributed by atoms with Crippen LogP contribution in [0.5, 0.6) is 23.0 Å². The van der Waals surface area contributed by atoms with Crippen LogP contribution in [0.2, 0.25) is 0 Å². The molecule has 0 saturated carbocycles. The van der Waals surface area contributed by atoms with Gasteiger partial charge in [-0.3, -0.25) is 0 Å². The molecule has 2 atom stereocenters. The summed E-state index contributed by atoms with van der Waals surface area (Å²) in [7, 11) is 0. The van der Waals surface area contributed by atoms with Crippen molar-refractivity contribution in [2.75, 3.05) is 24.2 Å². The second kappa shape index (κ2) is 5.33. The first-order valence-electron chi connectivity index (χ1n) is 8.82. The third-order valence-corrected chi connectivity index (χ3v) is 5.51. The Morgan fingerprint density at radius 2 is 0.968 bits per heavy atom. The number of nitrogens with one attached hydrogen (secondary N) is 2. The van der Waals surface area contributed by atoms with Crippen LogP contribution in [0, 0.1) is 0 Å². The van der Waals surface area contributed by atoms with E-state index in [9.17, 15) is 26.3 Å². The first-order valence-corrected chi connectivity index (χ1v) is 8.82. The number of alkyl halides is 6. The highest BCUT2D eigenvalue weighted by atomic mass is 19.4. The maximum atomic E-state index is 14.5. The fourth-order valence-corrected chi connectivity index (χ4v) is 4.14. The molecule has 0 aromatic heterocycles. The molecule has 6 rings (SSSR count). The lowest BCUT2D eigenvalue weighted by atomic mass is 9.86. The number of hydrogen-bond acceptors (Lipinski definition) is 7. The third kappa shape index (κ3) is 2.18. The summed E-state index contributed by atoms with van der Waals surface area (Å²) in [6.45, 7) is -0.560. The van der Waals surface area contributed by atoms with Gasteiger partial charge in [-0.05, 0) is 12.1 Å². The second-order valence-electron chi connectivity index (χ2n) is 7.21. The smallest absolute Gasteiger partial charge is 0.441 e. The minimum atomic E-state index is -5.30. The molecule has 4 aliphatic heterocycles. The van der Waals surface area contributed by atoms with Crippen molar-refractivity contribution in [2.24, 2.45) is 0 Å². The van der Waals surface area contributed by atoms with Gasteiger partial charge in [0, 0.05) is 34.6 Å². The van der Waals surface area contributed by atoms with Gasteiger partial charge in [-0.2, -0.15) is 26.3 Å². The molecule has 0 saturated heterocycles. The summed E-state index contributed by atoms with van der Waals surface area (Å²) in [6, 6.07) is 3.95. The Hall–Kier alpha value is -3.22. The molecule has 2 unspecified atom stereocenters. The molecule has 0 radical (unpaired) electrons. The van der Waals surface area contributed by atoms with Gasteiger partial charge in [0.2, 0.25) is 13.6 Å². The highest BCUT2D eigenvalue weighted by Crippen LogP contribution is 2.63. The minimum absolute atomic E-state index is 0.00628. The molecule has 2 aromatic rings. The summed E-state index contributed by atoms with van der Waals surface area (Å²) in [6.07, 6.45) is -10.6. The number of benzene rings is 2. The van der Waals surface area contributed by atoms with Gasteiger partial charge in [0.05, 0.1) is 0 Å². The van der Waals surface area contributed by atoms with E-state index in [0.29, 0.717) is 0 Å². The van der Waals surface area contributed by atoms with Crippen LogP contribution in [0.3, 0.4) is 0 Å². The standard InChI is InChI=1S/C18H10F6N2O5/c19-17(20,21)15-7-1-11-13(29-5-27-11)3-9(7)25-16(31-15,18(22,23)24)8-2-12-14(30-6-28-12)4-10(8)26-15/h1-4,25-26H,5-6H2. The van der Waals surface area contributed by atoms with E-state index in [4.69, 9.17) is 23.7 Å². The van der Waals surface area contributed by atoms with Gasteiger partial charge >= 0.3 is 12.4 Å². The zero-order valence-electron chi connectivity index (χ0n) is 15.0. The highest BCUT2D eigenvalue weighted by Gasteiger charge is 2.74. The van der Waals surface area contributed by atoms with Crippen molar-refractivity contribution in [1.82, 2.24) is 0 Å². The van der Waals surface area contributed by atoms with Gasteiger partial charge in [-0.25, -0.2) is 0 Å². The van der Waals surface area contributed by atoms with Gasteiger partial charge in [-0.15, -0.1) is 0 Å². The molecule has 0 amide bonds.